The standard InChI is InChI=1S/C21H33N3O3S/c1-18-5-7-19(8-6-18)17-28(26,27)24-15-9-20(10-16-24)21(25)22-11-4-14-23-12-2-3-13-23/h5-8,20H,2-4,9-17H2,1H3,(H,22,25). The molecule has 0 atom stereocenters. The molecule has 28 heavy (non-hydrogen) atoms. The number of hydrogen-bond acceptors (Lipinski definition) is 4. The predicted molar refractivity (Wildman–Crippen MR) is 111 cm³/mol. The largest absolute Gasteiger partial charge is 0.356 e. The first-order valence-electron chi connectivity index (χ1n) is 10.5. The summed E-state index contributed by atoms with van der Waals surface area (Å²) in [6, 6.07) is 7.61. The van der Waals surface area contributed by atoms with Gasteiger partial charge in [0.1, 0.15) is 0 Å². The Bertz CT molecular complexity index is 735. The smallest absolute Gasteiger partial charge is 0.223 e. The number of hydrogen-bond donors (Lipinski definition) is 1. The van der Waals surface area contributed by atoms with Gasteiger partial charge in [-0.1, -0.05) is 29.8 Å². The highest BCUT2D eigenvalue weighted by Crippen LogP contribution is 2.22. The van der Waals surface area contributed by atoms with Crippen LogP contribution in [-0.4, -0.2) is 62.8 Å². The number of nitrogens with zero attached hydrogens (tertiary/aromatic N) is 2. The van der Waals surface area contributed by atoms with E-state index in [4.69, 9.17) is 0 Å². The molecule has 3 rings (SSSR count). The Labute approximate surface area is 169 Å². The van der Waals surface area contributed by atoms with Crippen LogP contribution in [-0.2, 0) is 20.6 Å². The molecular weight excluding hydrogens is 374 g/mol. The Morgan fingerprint density at radius 2 is 1.71 bits per heavy atom. The number of sulfonamides is 1. The molecule has 1 aromatic rings. The van der Waals surface area contributed by atoms with E-state index in [-0.39, 0.29) is 17.6 Å². The number of likely N-dealkylation sites (tertiary alicyclic amines) is 1. The number of piperidine rings is 1. The van der Waals surface area contributed by atoms with Crippen molar-refractivity contribution in [3.63, 3.8) is 0 Å². The fourth-order valence-corrected chi connectivity index (χ4v) is 5.61. The highest BCUT2D eigenvalue weighted by atomic mass is 32.2. The average Bonchev–Trinajstić information content (AvgIpc) is 3.20. The Morgan fingerprint density at radius 1 is 1.07 bits per heavy atom. The first-order chi connectivity index (χ1) is 13.4. The van der Waals surface area contributed by atoms with Crippen LogP contribution in [0.4, 0.5) is 0 Å². The molecule has 2 aliphatic heterocycles. The van der Waals surface area contributed by atoms with Crippen LogP contribution in [0.3, 0.4) is 0 Å². The lowest BCUT2D eigenvalue weighted by Gasteiger charge is -2.30. The van der Waals surface area contributed by atoms with E-state index < -0.39 is 10.0 Å². The summed E-state index contributed by atoms with van der Waals surface area (Å²) in [6.45, 7) is 6.98. The summed E-state index contributed by atoms with van der Waals surface area (Å²) in [4.78, 5) is 14.8. The van der Waals surface area contributed by atoms with E-state index in [0.717, 1.165) is 24.1 Å². The molecule has 1 aromatic carbocycles. The molecule has 0 bridgehead atoms. The summed E-state index contributed by atoms with van der Waals surface area (Å²) >= 11 is 0. The molecule has 7 heteroatoms. The maximum absolute atomic E-state index is 12.7. The van der Waals surface area contributed by atoms with Gasteiger partial charge in [0.15, 0.2) is 0 Å². The molecule has 156 valence electrons. The third kappa shape index (κ3) is 6.03. The van der Waals surface area contributed by atoms with E-state index in [2.05, 4.69) is 10.2 Å². The molecule has 6 nitrogen and oxygen atoms in total. The van der Waals surface area contributed by atoms with E-state index in [1.54, 1.807) is 4.31 Å². The van der Waals surface area contributed by atoms with Crippen LogP contribution in [0.5, 0.6) is 0 Å². The van der Waals surface area contributed by atoms with Crippen LogP contribution in [0.15, 0.2) is 24.3 Å². The second-order valence-electron chi connectivity index (χ2n) is 8.11. The van der Waals surface area contributed by atoms with Crippen molar-refractivity contribution < 1.29 is 13.2 Å². The molecule has 2 fully saturated rings. The number of aryl methyl sites for hydroxylation is 1. The molecule has 1 amide bonds. The normalized spacial score (nSPS) is 19.8. The molecule has 2 heterocycles. The topological polar surface area (TPSA) is 69.7 Å². The molecule has 2 saturated heterocycles. The lowest BCUT2D eigenvalue weighted by Crippen LogP contribution is -2.43. The SMILES string of the molecule is Cc1ccc(CS(=O)(=O)N2CCC(C(=O)NCCCN3CCCC3)CC2)cc1. The van der Waals surface area contributed by atoms with Gasteiger partial charge in [-0.25, -0.2) is 12.7 Å². The third-order valence-corrected chi connectivity index (χ3v) is 7.69. The van der Waals surface area contributed by atoms with E-state index in [1.807, 2.05) is 31.2 Å². The number of amides is 1. The second-order valence-corrected chi connectivity index (χ2v) is 10.1. The number of carbonyl (C=O) groups excluding carboxylic acids is 1. The first kappa shape index (κ1) is 21.3. The van der Waals surface area contributed by atoms with Crippen LogP contribution in [0.25, 0.3) is 0 Å². The summed E-state index contributed by atoms with van der Waals surface area (Å²) in [5.41, 5.74) is 1.93. The summed E-state index contributed by atoms with van der Waals surface area (Å²) < 4.78 is 26.9. The minimum Gasteiger partial charge on any atom is -0.356 e. The fourth-order valence-electron chi connectivity index (χ4n) is 4.05. The van der Waals surface area contributed by atoms with Crippen LogP contribution in [0.2, 0.25) is 0 Å². The average molecular weight is 408 g/mol. The number of rotatable bonds is 8. The van der Waals surface area contributed by atoms with Crippen molar-refractivity contribution in [2.75, 3.05) is 39.3 Å². The van der Waals surface area contributed by atoms with Crippen molar-refractivity contribution in [3.05, 3.63) is 35.4 Å². The lowest BCUT2D eigenvalue weighted by atomic mass is 9.97. The molecule has 1 N–H and O–H groups in total. The summed E-state index contributed by atoms with van der Waals surface area (Å²) in [5, 5.41) is 3.04. The van der Waals surface area contributed by atoms with Gasteiger partial charge in [-0.3, -0.25) is 4.79 Å². The predicted octanol–water partition coefficient (Wildman–Crippen LogP) is 2.14. The molecular formula is C21H33N3O3S. The lowest BCUT2D eigenvalue weighted by molar-refractivity contribution is -0.126. The van der Waals surface area contributed by atoms with Crippen LogP contribution in [0, 0.1) is 12.8 Å². The number of benzene rings is 1. The van der Waals surface area contributed by atoms with Gasteiger partial charge in [-0.05, 0) is 64.2 Å². The summed E-state index contributed by atoms with van der Waals surface area (Å²) in [7, 11) is -3.33. The molecule has 0 radical (unpaired) electrons. The van der Waals surface area contributed by atoms with E-state index in [0.29, 0.717) is 32.5 Å². The van der Waals surface area contributed by atoms with Crippen LogP contribution >= 0.6 is 0 Å². The van der Waals surface area contributed by atoms with Crippen molar-refractivity contribution in [2.45, 2.75) is 44.8 Å². The molecule has 0 aliphatic carbocycles. The van der Waals surface area contributed by atoms with E-state index in [9.17, 15) is 13.2 Å². The van der Waals surface area contributed by atoms with Gasteiger partial charge in [0.05, 0.1) is 5.75 Å². The summed E-state index contributed by atoms with van der Waals surface area (Å²) in [6.07, 6.45) is 4.77. The van der Waals surface area contributed by atoms with Gasteiger partial charge >= 0.3 is 0 Å². The Morgan fingerprint density at radius 3 is 2.36 bits per heavy atom. The third-order valence-electron chi connectivity index (χ3n) is 5.84. The number of nitrogens with one attached hydrogen (secondary N) is 1. The monoisotopic (exact) mass is 407 g/mol. The molecule has 2 aliphatic rings. The van der Waals surface area contributed by atoms with Crippen molar-refractivity contribution >= 4 is 15.9 Å². The number of carbonyl (C=O) groups is 1. The zero-order valence-corrected chi connectivity index (χ0v) is 17.7. The highest BCUT2D eigenvalue weighted by molar-refractivity contribution is 7.88. The van der Waals surface area contributed by atoms with Crippen LogP contribution in [0.1, 0.15) is 43.2 Å². The van der Waals surface area contributed by atoms with Crippen molar-refractivity contribution in [2.24, 2.45) is 5.92 Å². The zero-order chi connectivity index (χ0) is 20.0. The highest BCUT2D eigenvalue weighted by Gasteiger charge is 2.31. The molecule has 0 unspecified atom stereocenters. The van der Waals surface area contributed by atoms with Gasteiger partial charge < -0.3 is 10.2 Å². The van der Waals surface area contributed by atoms with Gasteiger partial charge in [0, 0.05) is 25.6 Å². The van der Waals surface area contributed by atoms with Crippen molar-refractivity contribution in [1.82, 2.24) is 14.5 Å². The van der Waals surface area contributed by atoms with Crippen molar-refractivity contribution in [3.8, 4) is 0 Å². The minimum atomic E-state index is -3.33. The van der Waals surface area contributed by atoms with Crippen LogP contribution < -0.4 is 5.32 Å². The zero-order valence-electron chi connectivity index (χ0n) is 16.9. The van der Waals surface area contributed by atoms with Gasteiger partial charge in [-0.15, -0.1) is 0 Å². The minimum absolute atomic E-state index is 0.0284. The van der Waals surface area contributed by atoms with E-state index in [1.165, 1.54) is 25.9 Å². The Kier molecular flexibility index (Phi) is 7.48. The second kappa shape index (κ2) is 9.85. The maximum atomic E-state index is 12.7. The molecule has 0 spiro atoms. The Hall–Kier alpha value is -1.44. The van der Waals surface area contributed by atoms with Crippen molar-refractivity contribution in [1.29, 1.82) is 0 Å². The van der Waals surface area contributed by atoms with Gasteiger partial charge in [-0.2, -0.15) is 0 Å². The summed E-state index contributed by atoms with van der Waals surface area (Å²) in [5.74, 6) is 0.0373. The van der Waals surface area contributed by atoms with Gasteiger partial charge in [0.2, 0.25) is 15.9 Å². The fraction of sp³-hybridized carbons (Fsp3) is 0.667. The maximum Gasteiger partial charge on any atom is 0.223 e. The molecule has 0 aromatic heterocycles. The molecule has 0 saturated carbocycles. The van der Waals surface area contributed by atoms with E-state index >= 15 is 0 Å². The Balaban J connectivity index is 1.39. The quantitative estimate of drug-likeness (QED) is 0.671. The van der Waals surface area contributed by atoms with Gasteiger partial charge in [0.25, 0.3) is 0 Å². The first-order valence-corrected chi connectivity index (χ1v) is 12.1.